The zero-order valence-electron chi connectivity index (χ0n) is 22.0. The molecule has 12 heteroatoms. The summed E-state index contributed by atoms with van der Waals surface area (Å²) in [5, 5.41) is 11.1. The number of piperazine rings is 1. The summed E-state index contributed by atoms with van der Waals surface area (Å²) in [6.45, 7) is 7.79. The van der Waals surface area contributed by atoms with E-state index in [1.54, 1.807) is 24.1 Å². The minimum Gasteiger partial charge on any atom is -0.475 e. The van der Waals surface area contributed by atoms with Crippen LogP contribution in [-0.2, 0) is 11.8 Å². The molecule has 1 fully saturated rings. The highest BCUT2D eigenvalue weighted by Crippen LogP contribution is 2.34. The lowest BCUT2D eigenvalue weighted by Gasteiger charge is -2.35. The Morgan fingerprint density at radius 3 is 2.76 bits per heavy atom. The number of para-hydroxylation sites is 1. The number of amides is 1. The second-order valence-corrected chi connectivity index (χ2v) is 9.40. The Labute approximate surface area is 220 Å². The summed E-state index contributed by atoms with van der Waals surface area (Å²) in [6.07, 6.45) is 4.56. The van der Waals surface area contributed by atoms with Gasteiger partial charge in [-0.2, -0.15) is 0 Å². The molecule has 0 bridgehead atoms. The number of halogens is 1. The van der Waals surface area contributed by atoms with E-state index in [9.17, 15) is 9.18 Å². The molecule has 4 aromatic rings. The fourth-order valence-corrected chi connectivity index (χ4v) is 4.60. The molecule has 3 N–H and O–H groups in total. The number of aromatic amines is 1. The third-order valence-electron chi connectivity index (χ3n) is 6.76. The highest BCUT2D eigenvalue weighted by atomic mass is 19.1. The standard InChI is InChI=1S/C26H32FN9O2/c1-5-38-25-21(15-35(4)33-25)31-26-29-14-19(27)22(32-26)18-13-28-23-17(18)7-6-8-20(23)30-24(37)16(2)36-11-9-34(3)10-12-36/h6-8,13-16,28H,5,9-12H2,1-4H3,(H,30,37)(H,29,31,32). The maximum absolute atomic E-state index is 15.0. The number of likely N-dealkylation sites (N-methyl/N-ethyl adjacent to an activating group) is 1. The van der Waals surface area contributed by atoms with E-state index in [2.05, 4.69) is 47.5 Å². The van der Waals surface area contributed by atoms with Crippen LogP contribution >= 0.6 is 0 Å². The number of fused-ring (bicyclic) bond motifs is 1. The maximum Gasteiger partial charge on any atom is 0.256 e. The Morgan fingerprint density at radius 1 is 1.21 bits per heavy atom. The Bertz CT molecular complexity index is 1440. The molecule has 200 valence electrons. The summed E-state index contributed by atoms with van der Waals surface area (Å²) in [7, 11) is 3.86. The molecule has 0 saturated carbocycles. The van der Waals surface area contributed by atoms with Gasteiger partial charge in [0.15, 0.2) is 5.82 Å². The van der Waals surface area contributed by atoms with Crippen molar-refractivity contribution in [2.24, 2.45) is 7.05 Å². The highest BCUT2D eigenvalue weighted by molar-refractivity contribution is 6.06. The Hall–Kier alpha value is -4.03. The molecule has 5 rings (SSSR count). The van der Waals surface area contributed by atoms with Crippen LogP contribution in [0.4, 0.5) is 21.7 Å². The van der Waals surface area contributed by atoms with E-state index in [0.717, 1.165) is 37.8 Å². The summed E-state index contributed by atoms with van der Waals surface area (Å²) < 4.78 is 22.1. The summed E-state index contributed by atoms with van der Waals surface area (Å²) in [4.78, 5) is 29.2. The molecule has 1 saturated heterocycles. The zero-order valence-corrected chi connectivity index (χ0v) is 22.0. The van der Waals surface area contributed by atoms with E-state index < -0.39 is 5.82 Å². The number of carbonyl (C=O) groups excluding carboxylic acids is 1. The van der Waals surface area contributed by atoms with E-state index in [1.807, 2.05) is 32.0 Å². The predicted octanol–water partition coefficient (Wildman–Crippen LogP) is 3.21. The van der Waals surface area contributed by atoms with E-state index in [1.165, 1.54) is 0 Å². The SMILES string of the molecule is CCOc1nn(C)cc1Nc1ncc(F)c(-c2c[nH]c3c(NC(=O)C(C)N4CCN(C)CC4)cccc23)n1. The molecule has 0 aliphatic carbocycles. The van der Waals surface area contributed by atoms with E-state index in [-0.39, 0.29) is 23.6 Å². The van der Waals surface area contributed by atoms with Crippen molar-refractivity contribution in [3.63, 3.8) is 0 Å². The van der Waals surface area contributed by atoms with E-state index in [4.69, 9.17) is 4.74 Å². The first kappa shape index (κ1) is 25.6. The Kier molecular flexibility index (Phi) is 7.25. The lowest BCUT2D eigenvalue weighted by Crippen LogP contribution is -2.51. The average molecular weight is 522 g/mol. The van der Waals surface area contributed by atoms with Gasteiger partial charge in [-0.3, -0.25) is 14.4 Å². The van der Waals surface area contributed by atoms with Gasteiger partial charge in [0, 0.05) is 50.4 Å². The quantitative estimate of drug-likeness (QED) is 0.324. The predicted molar refractivity (Wildman–Crippen MR) is 144 cm³/mol. The lowest BCUT2D eigenvalue weighted by atomic mass is 10.1. The second-order valence-electron chi connectivity index (χ2n) is 9.40. The number of carbonyl (C=O) groups is 1. The van der Waals surface area contributed by atoms with Crippen LogP contribution in [0.25, 0.3) is 22.2 Å². The van der Waals surface area contributed by atoms with E-state index >= 15 is 0 Å². The number of rotatable bonds is 8. The van der Waals surface area contributed by atoms with Crippen LogP contribution in [0.3, 0.4) is 0 Å². The number of anilines is 3. The van der Waals surface area contributed by atoms with Gasteiger partial charge in [-0.05, 0) is 27.0 Å². The van der Waals surface area contributed by atoms with Crippen molar-refractivity contribution in [1.29, 1.82) is 0 Å². The van der Waals surface area contributed by atoms with Gasteiger partial charge < -0.3 is 25.3 Å². The molecule has 1 aliphatic heterocycles. The number of aromatic nitrogens is 5. The lowest BCUT2D eigenvalue weighted by molar-refractivity contribution is -0.121. The minimum atomic E-state index is -0.564. The van der Waals surface area contributed by atoms with Crippen LogP contribution in [0.1, 0.15) is 13.8 Å². The Morgan fingerprint density at radius 2 is 2.00 bits per heavy atom. The normalized spacial score (nSPS) is 15.5. The van der Waals surface area contributed by atoms with Gasteiger partial charge in [-0.1, -0.05) is 12.1 Å². The van der Waals surface area contributed by atoms with Gasteiger partial charge in [0.1, 0.15) is 11.4 Å². The molecule has 3 aromatic heterocycles. The zero-order chi connectivity index (χ0) is 26.8. The molecule has 1 aromatic carbocycles. The molecule has 4 heterocycles. The molecule has 1 amide bonds. The number of benzene rings is 1. The van der Waals surface area contributed by atoms with Gasteiger partial charge in [-0.15, -0.1) is 5.10 Å². The molecule has 11 nitrogen and oxygen atoms in total. The molecule has 1 aliphatic rings. The van der Waals surface area contributed by atoms with Crippen molar-refractivity contribution >= 4 is 34.1 Å². The summed E-state index contributed by atoms with van der Waals surface area (Å²) in [5.74, 6) is -0.0387. The summed E-state index contributed by atoms with van der Waals surface area (Å²) >= 11 is 0. The minimum absolute atomic E-state index is 0.0838. The second kappa shape index (κ2) is 10.8. The third kappa shape index (κ3) is 5.18. The van der Waals surface area contributed by atoms with Gasteiger partial charge in [0.05, 0.1) is 36.2 Å². The molecule has 38 heavy (non-hydrogen) atoms. The summed E-state index contributed by atoms with van der Waals surface area (Å²) in [6, 6.07) is 5.26. The summed E-state index contributed by atoms with van der Waals surface area (Å²) in [5.41, 5.74) is 2.58. The van der Waals surface area contributed by atoms with Gasteiger partial charge in [0.25, 0.3) is 5.88 Å². The highest BCUT2D eigenvalue weighted by Gasteiger charge is 2.25. The van der Waals surface area contributed by atoms with Crippen LogP contribution in [0, 0.1) is 5.82 Å². The number of ether oxygens (including phenoxy) is 1. The molecule has 1 atom stereocenters. The molecule has 0 spiro atoms. The van der Waals surface area contributed by atoms with Crippen LogP contribution in [0.15, 0.2) is 36.8 Å². The maximum atomic E-state index is 15.0. The van der Waals surface area contributed by atoms with Crippen molar-refractivity contribution in [1.82, 2.24) is 34.5 Å². The van der Waals surface area contributed by atoms with Crippen LogP contribution in [-0.4, -0.2) is 86.3 Å². The third-order valence-corrected chi connectivity index (χ3v) is 6.76. The number of hydrogen-bond acceptors (Lipinski definition) is 8. The van der Waals surface area contributed by atoms with Crippen molar-refractivity contribution in [3.8, 4) is 17.1 Å². The number of aryl methyl sites for hydroxylation is 1. The van der Waals surface area contributed by atoms with Gasteiger partial charge >= 0.3 is 0 Å². The monoisotopic (exact) mass is 521 g/mol. The molecule has 0 radical (unpaired) electrons. The van der Waals surface area contributed by atoms with Crippen LogP contribution < -0.4 is 15.4 Å². The van der Waals surface area contributed by atoms with Crippen molar-refractivity contribution in [2.45, 2.75) is 19.9 Å². The fourth-order valence-electron chi connectivity index (χ4n) is 4.60. The van der Waals surface area contributed by atoms with Crippen molar-refractivity contribution in [3.05, 3.63) is 42.6 Å². The molecular weight excluding hydrogens is 489 g/mol. The molecule has 1 unspecified atom stereocenters. The first-order valence-electron chi connectivity index (χ1n) is 12.6. The molecular formula is C26H32FN9O2. The largest absolute Gasteiger partial charge is 0.475 e. The van der Waals surface area contributed by atoms with Gasteiger partial charge in [0.2, 0.25) is 11.9 Å². The first-order chi connectivity index (χ1) is 18.3. The van der Waals surface area contributed by atoms with Gasteiger partial charge in [-0.25, -0.2) is 14.4 Å². The first-order valence-corrected chi connectivity index (χ1v) is 12.6. The number of hydrogen-bond donors (Lipinski definition) is 3. The number of H-pyrrole nitrogens is 1. The van der Waals surface area contributed by atoms with Crippen molar-refractivity contribution < 1.29 is 13.9 Å². The van der Waals surface area contributed by atoms with Crippen molar-refractivity contribution in [2.75, 3.05) is 50.5 Å². The average Bonchev–Trinajstić information content (AvgIpc) is 3.49. The van der Waals surface area contributed by atoms with Crippen LogP contribution in [0.5, 0.6) is 5.88 Å². The van der Waals surface area contributed by atoms with Crippen LogP contribution in [0.2, 0.25) is 0 Å². The Balaban J connectivity index is 1.40. The topological polar surface area (TPSA) is 116 Å². The number of nitrogens with one attached hydrogen (secondary N) is 3. The smallest absolute Gasteiger partial charge is 0.256 e. The van der Waals surface area contributed by atoms with E-state index in [0.29, 0.717) is 34.9 Å². The number of nitrogens with zero attached hydrogens (tertiary/aromatic N) is 6. The fraction of sp³-hybridized carbons (Fsp3) is 0.385.